The lowest BCUT2D eigenvalue weighted by molar-refractivity contribution is -0.0782. The van der Waals surface area contributed by atoms with Gasteiger partial charge in [-0.05, 0) is 31.2 Å². The highest BCUT2D eigenvalue weighted by atomic mass is 35.5. The van der Waals surface area contributed by atoms with Crippen molar-refractivity contribution in [2.45, 2.75) is 50.5 Å². The van der Waals surface area contributed by atoms with E-state index in [1.54, 1.807) is 4.90 Å². The first kappa shape index (κ1) is 18.0. The molecule has 1 saturated heterocycles. The van der Waals surface area contributed by atoms with Gasteiger partial charge in [0.1, 0.15) is 6.61 Å². The summed E-state index contributed by atoms with van der Waals surface area (Å²) in [6.45, 7) is 1.74. The van der Waals surface area contributed by atoms with Crippen molar-refractivity contribution in [2.75, 3.05) is 13.1 Å². The summed E-state index contributed by atoms with van der Waals surface area (Å²) in [5.74, 6) is 0. The van der Waals surface area contributed by atoms with Gasteiger partial charge in [0, 0.05) is 19.1 Å². The molecule has 5 nitrogen and oxygen atoms in total. The molecule has 1 aromatic rings. The van der Waals surface area contributed by atoms with Crippen LogP contribution in [0.3, 0.4) is 0 Å². The normalized spacial score (nSPS) is 24.5. The van der Waals surface area contributed by atoms with E-state index in [0.29, 0.717) is 31.8 Å². The van der Waals surface area contributed by atoms with Crippen LogP contribution in [-0.2, 0) is 16.1 Å². The number of piperidine rings is 1. The number of amides is 1. The number of hydrogen-bond donors (Lipinski definition) is 1. The van der Waals surface area contributed by atoms with Gasteiger partial charge in [0.25, 0.3) is 0 Å². The zero-order valence-corrected chi connectivity index (χ0v) is 14.0. The smallest absolute Gasteiger partial charge is 0.410 e. The van der Waals surface area contributed by atoms with Crippen molar-refractivity contribution in [1.82, 2.24) is 4.90 Å². The lowest BCUT2D eigenvalue weighted by Gasteiger charge is -2.38. The number of hydrogen-bond acceptors (Lipinski definition) is 4. The summed E-state index contributed by atoms with van der Waals surface area (Å²) >= 11 is 0. The lowest BCUT2D eigenvalue weighted by Crippen LogP contribution is -2.46. The molecule has 6 heteroatoms. The predicted octanol–water partition coefficient (Wildman–Crippen LogP) is 2.72. The highest BCUT2D eigenvalue weighted by molar-refractivity contribution is 5.85. The maximum absolute atomic E-state index is 12.1. The molecule has 3 rings (SSSR count). The zero-order chi connectivity index (χ0) is 15.4. The molecule has 1 aliphatic heterocycles. The third-order valence-electron chi connectivity index (χ3n) is 4.42. The van der Waals surface area contributed by atoms with Crippen LogP contribution in [0.2, 0.25) is 0 Å². The first-order valence-electron chi connectivity index (χ1n) is 8.07. The van der Waals surface area contributed by atoms with Crippen LogP contribution in [0, 0.1) is 0 Å². The van der Waals surface area contributed by atoms with Crippen molar-refractivity contribution in [3.8, 4) is 0 Å². The largest absolute Gasteiger partial charge is 0.445 e. The Balaban J connectivity index is 0.00000192. The van der Waals surface area contributed by atoms with Gasteiger partial charge < -0.3 is 20.1 Å². The Hall–Kier alpha value is -1.30. The summed E-state index contributed by atoms with van der Waals surface area (Å²) in [6, 6.07) is 10.1. The van der Waals surface area contributed by atoms with Crippen molar-refractivity contribution in [3.05, 3.63) is 35.9 Å². The SMILES string of the molecule is Cl.NC1CC(OC2CCN(C(=O)OCc3ccccc3)CC2)C1. The van der Waals surface area contributed by atoms with E-state index in [4.69, 9.17) is 15.2 Å². The van der Waals surface area contributed by atoms with Gasteiger partial charge in [0.05, 0.1) is 12.2 Å². The van der Waals surface area contributed by atoms with Gasteiger partial charge >= 0.3 is 6.09 Å². The third kappa shape index (κ3) is 5.09. The van der Waals surface area contributed by atoms with E-state index >= 15 is 0 Å². The van der Waals surface area contributed by atoms with E-state index in [9.17, 15) is 4.79 Å². The Labute approximate surface area is 143 Å². The second-order valence-corrected chi connectivity index (χ2v) is 6.22. The quantitative estimate of drug-likeness (QED) is 0.915. The number of nitrogens with zero attached hydrogens (tertiary/aromatic N) is 1. The van der Waals surface area contributed by atoms with Crippen LogP contribution in [0.4, 0.5) is 4.79 Å². The van der Waals surface area contributed by atoms with Gasteiger partial charge in [-0.3, -0.25) is 0 Å². The van der Waals surface area contributed by atoms with E-state index < -0.39 is 0 Å². The van der Waals surface area contributed by atoms with Crippen molar-refractivity contribution < 1.29 is 14.3 Å². The number of halogens is 1. The van der Waals surface area contributed by atoms with Crippen LogP contribution >= 0.6 is 12.4 Å². The minimum absolute atomic E-state index is 0. The number of nitrogens with two attached hydrogens (primary N) is 1. The summed E-state index contributed by atoms with van der Waals surface area (Å²) in [7, 11) is 0. The van der Waals surface area contributed by atoms with Crippen LogP contribution in [0.25, 0.3) is 0 Å². The number of carbonyl (C=O) groups is 1. The Kier molecular flexibility index (Phi) is 6.69. The Morgan fingerprint density at radius 2 is 1.78 bits per heavy atom. The molecule has 0 atom stereocenters. The Morgan fingerprint density at radius 3 is 2.39 bits per heavy atom. The van der Waals surface area contributed by atoms with E-state index in [1.165, 1.54) is 0 Å². The number of benzene rings is 1. The van der Waals surface area contributed by atoms with E-state index in [1.807, 2.05) is 30.3 Å². The van der Waals surface area contributed by atoms with Gasteiger partial charge in [0.15, 0.2) is 0 Å². The number of ether oxygens (including phenoxy) is 2. The molecule has 0 radical (unpaired) electrons. The Bertz CT molecular complexity index is 486. The minimum Gasteiger partial charge on any atom is -0.445 e. The highest BCUT2D eigenvalue weighted by Crippen LogP contribution is 2.26. The van der Waals surface area contributed by atoms with Crippen LogP contribution in [-0.4, -0.2) is 42.3 Å². The molecule has 1 aromatic carbocycles. The molecule has 1 amide bonds. The molecule has 2 aliphatic rings. The molecule has 2 N–H and O–H groups in total. The molecule has 1 saturated carbocycles. The van der Waals surface area contributed by atoms with Gasteiger partial charge in [0.2, 0.25) is 0 Å². The van der Waals surface area contributed by atoms with Crippen molar-refractivity contribution in [2.24, 2.45) is 5.73 Å². The molecule has 23 heavy (non-hydrogen) atoms. The van der Waals surface area contributed by atoms with Gasteiger partial charge in [-0.2, -0.15) is 0 Å². The third-order valence-corrected chi connectivity index (χ3v) is 4.42. The summed E-state index contributed by atoms with van der Waals surface area (Å²) < 4.78 is 11.4. The predicted molar refractivity (Wildman–Crippen MR) is 90.6 cm³/mol. The number of carbonyl (C=O) groups excluding carboxylic acids is 1. The van der Waals surface area contributed by atoms with Crippen LogP contribution in [0.5, 0.6) is 0 Å². The van der Waals surface area contributed by atoms with E-state index in [2.05, 4.69) is 0 Å². The molecule has 0 bridgehead atoms. The molecule has 0 unspecified atom stereocenters. The van der Waals surface area contributed by atoms with Crippen molar-refractivity contribution >= 4 is 18.5 Å². The van der Waals surface area contributed by atoms with E-state index in [0.717, 1.165) is 31.2 Å². The first-order valence-corrected chi connectivity index (χ1v) is 8.07. The second kappa shape index (κ2) is 8.52. The maximum atomic E-state index is 12.1. The zero-order valence-electron chi connectivity index (χ0n) is 13.2. The fraction of sp³-hybridized carbons (Fsp3) is 0.588. The van der Waals surface area contributed by atoms with Gasteiger partial charge in [-0.25, -0.2) is 4.79 Å². The summed E-state index contributed by atoms with van der Waals surface area (Å²) in [4.78, 5) is 13.8. The van der Waals surface area contributed by atoms with Gasteiger partial charge in [-0.1, -0.05) is 30.3 Å². The molecule has 0 aromatic heterocycles. The second-order valence-electron chi connectivity index (χ2n) is 6.22. The van der Waals surface area contributed by atoms with E-state index in [-0.39, 0.29) is 24.6 Å². The number of rotatable bonds is 4. The first-order chi connectivity index (χ1) is 10.7. The molecule has 128 valence electrons. The maximum Gasteiger partial charge on any atom is 0.410 e. The minimum atomic E-state index is -0.229. The molecule has 0 spiro atoms. The van der Waals surface area contributed by atoms with Crippen LogP contribution in [0.1, 0.15) is 31.2 Å². The molecule has 2 fully saturated rings. The summed E-state index contributed by atoms with van der Waals surface area (Å²) in [5, 5.41) is 0. The number of likely N-dealkylation sites (tertiary alicyclic amines) is 1. The average Bonchev–Trinajstić information content (AvgIpc) is 2.53. The average molecular weight is 341 g/mol. The Morgan fingerprint density at radius 1 is 1.13 bits per heavy atom. The van der Waals surface area contributed by atoms with Crippen molar-refractivity contribution in [3.63, 3.8) is 0 Å². The van der Waals surface area contributed by atoms with Crippen LogP contribution in [0.15, 0.2) is 30.3 Å². The molecular weight excluding hydrogens is 316 g/mol. The fourth-order valence-electron chi connectivity index (χ4n) is 2.97. The molecule has 1 heterocycles. The van der Waals surface area contributed by atoms with Crippen LogP contribution < -0.4 is 5.73 Å². The lowest BCUT2D eigenvalue weighted by atomic mass is 9.90. The monoisotopic (exact) mass is 340 g/mol. The van der Waals surface area contributed by atoms with Gasteiger partial charge in [-0.15, -0.1) is 12.4 Å². The standard InChI is InChI=1S/C17H24N2O3.ClH/c18-14-10-16(11-14)22-15-6-8-19(9-7-15)17(20)21-12-13-4-2-1-3-5-13;/h1-5,14-16H,6-12,18H2;1H. The summed E-state index contributed by atoms with van der Waals surface area (Å²) in [6.07, 6.45) is 4.07. The highest BCUT2D eigenvalue weighted by Gasteiger charge is 2.31. The summed E-state index contributed by atoms with van der Waals surface area (Å²) in [5.41, 5.74) is 6.78. The van der Waals surface area contributed by atoms with Crippen molar-refractivity contribution in [1.29, 1.82) is 0 Å². The topological polar surface area (TPSA) is 64.8 Å². The molecular formula is C17H25ClN2O3. The fourth-order valence-corrected chi connectivity index (χ4v) is 2.97. The molecule has 1 aliphatic carbocycles.